The topological polar surface area (TPSA) is 58.6 Å². The number of halogens is 1. The summed E-state index contributed by atoms with van der Waals surface area (Å²) in [5.74, 6) is 0. The fourth-order valence-corrected chi connectivity index (χ4v) is 3.49. The molecule has 0 heterocycles. The minimum Gasteiger partial charge on any atom is -0.450 e. The number of aliphatic hydroxyl groups is 1. The molecule has 1 aromatic rings. The molecule has 1 aliphatic rings. The van der Waals surface area contributed by atoms with Crippen LogP contribution in [0.1, 0.15) is 45.6 Å². The van der Waals surface area contributed by atoms with Gasteiger partial charge in [-0.15, -0.1) is 0 Å². The number of hydrogen-bond acceptors (Lipinski definition) is 3. The van der Waals surface area contributed by atoms with Crippen molar-refractivity contribution in [3.8, 4) is 0 Å². The molecular formula is C17H24ClNO3. The van der Waals surface area contributed by atoms with Gasteiger partial charge in [0.15, 0.2) is 0 Å². The predicted molar refractivity (Wildman–Crippen MR) is 87.2 cm³/mol. The van der Waals surface area contributed by atoms with Crippen molar-refractivity contribution in [1.82, 2.24) is 5.32 Å². The zero-order chi connectivity index (χ0) is 16.4. The highest BCUT2D eigenvalue weighted by molar-refractivity contribution is 6.30. The monoisotopic (exact) mass is 325 g/mol. The lowest BCUT2D eigenvalue weighted by atomic mass is 9.57. The SMILES string of the molecule is CCOC(=O)NC(C(C)(C)O)C1(c2ccc(Cl)cc2)CCC1. The molecule has 1 fully saturated rings. The van der Waals surface area contributed by atoms with Crippen molar-refractivity contribution in [2.24, 2.45) is 0 Å². The molecule has 1 atom stereocenters. The van der Waals surface area contributed by atoms with Gasteiger partial charge in [-0.25, -0.2) is 4.79 Å². The molecule has 0 spiro atoms. The number of hydrogen-bond donors (Lipinski definition) is 2. The third kappa shape index (κ3) is 3.39. The molecule has 0 aromatic heterocycles. The van der Waals surface area contributed by atoms with Crippen LogP contribution in [-0.2, 0) is 10.2 Å². The molecule has 1 aliphatic carbocycles. The van der Waals surface area contributed by atoms with Gasteiger partial charge in [0, 0.05) is 10.4 Å². The summed E-state index contributed by atoms with van der Waals surface area (Å²) in [6.45, 7) is 5.51. The van der Waals surface area contributed by atoms with Crippen molar-refractivity contribution < 1.29 is 14.6 Å². The number of rotatable bonds is 5. The maximum absolute atomic E-state index is 11.9. The minimum absolute atomic E-state index is 0.282. The van der Waals surface area contributed by atoms with E-state index in [1.54, 1.807) is 20.8 Å². The largest absolute Gasteiger partial charge is 0.450 e. The summed E-state index contributed by atoms with van der Waals surface area (Å²) >= 11 is 5.98. The van der Waals surface area contributed by atoms with Crippen LogP contribution in [0.3, 0.4) is 0 Å². The molecule has 4 nitrogen and oxygen atoms in total. The summed E-state index contributed by atoms with van der Waals surface area (Å²) in [6, 6.07) is 7.24. The summed E-state index contributed by atoms with van der Waals surface area (Å²) in [4.78, 5) is 11.9. The van der Waals surface area contributed by atoms with Crippen molar-refractivity contribution in [1.29, 1.82) is 0 Å². The van der Waals surface area contributed by atoms with Gasteiger partial charge < -0.3 is 15.2 Å². The summed E-state index contributed by atoms with van der Waals surface area (Å²) in [5, 5.41) is 14.2. The Morgan fingerprint density at radius 3 is 2.41 bits per heavy atom. The number of ether oxygens (including phenoxy) is 1. The van der Waals surface area contributed by atoms with Crippen LogP contribution in [0.25, 0.3) is 0 Å². The summed E-state index contributed by atoms with van der Waals surface area (Å²) in [5.41, 5.74) is -0.255. The summed E-state index contributed by atoms with van der Waals surface area (Å²) in [6.07, 6.45) is 2.40. The first-order valence-electron chi connectivity index (χ1n) is 7.71. The second-order valence-corrected chi connectivity index (χ2v) is 6.90. The number of carbonyl (C=O) groups is 1. The van der Waals surface area contributed by atoms with Crippen LogP contribution in [0.15, 0.2) is 24.3 Å². The predicted octanol–water partition coefficient (Wildman–Crippen LogP) is 3.65. The first-order valence-corrected chi connectivity index (χ1v) is 8.09. The van der Waals surface area contributed by atoms with Gasteiger partial charge in [-0.3, -0.25) is 0 Å². The van der Waals surface area contributed by atoms with Gasteiger partial charge in [0.1, 0.15) is 0 Å². The molecule has 1 saturated carbocycles. The lowest BCUT2D eigenvalue weighted by molar-refractivity contribution is -0.0191. The zero-order valence-corrected chi connectivity index (χ0v) is 14.1. The molecular weight excluding hydrogens is 302 g/mol. The number of nitrogens with one attached hydrogen (secondary N) is 1. The van der Waals surface area contributed by atoms with E-state index in [0.717, 1.165) is 24.8 Å². The van der Waals surface area contributed by atoms with Gasteiger partial charge in [0.05, 0.1) is 18.2 Å². The smallest absolute Gasteiger partial charge is 0.407 e. The van der Waals surface area contributed by atoms with E-state index in [0.29, 0.717) is 11.6 Å². The van der Waals surface area contributed by atoms with Crippen LogP contribution < -0.4 is 5.32 Å². The quantitative estimate of drug-likeness (QED) is 0.868. The van der Waals surface area contributed by atoms with E-state index >= 15 is 0 Å². The van der Waals surface area contributed by atoms with Crippen LogP contribution in [0, 0.1) is 0 Å². The molecule has 1 aromatic carbocycles. The highest BCUT2D eigenvalue weighted by atomic mass is 35.5. The molecule has 1 amide bonds. The molecule has 5 heteroatoms. The zero-order valence-electron chi connectivity index (χ0n) is 13.4. The Hall–Kier alpha value is -1.26. The van der Waals surface area contributed by atoms with E-state index in [-0.39, 0.29) is 5.41 Å². The van der Waals surface area contributed by atoms with Crippen LogP contribution in [0.4, 0.5) is 4.79 Å². The second-order valence-electron chi connectivity index (χ2n) is 6.47. The van der Waals surface area contributed by atoms with Crippen LogP contribution >= 0.6 is 11.6 Å². The van der Waals surface area contributed by atoms with E-state index in [1.165, 1.54) is 0 Å². The number of carbonyl (C=O) groups excluding carboxylic acids is 1. The Balaban J connectivity index is 2.34. The summed E-state index contributed by atoms with van der Waals surface area (Å²) in [7, 11) is 0. The maximum atomic E-state index is 11.9. The highest BCUT2D eigenvalue weighted by Gasteiger charge is 2.51. The van der Waals surface area contributed by atoms with Crippen LogP contribution in [-0.4, -0.2) is 29.4 Å². The first kappa shape index (κ1) is 17.1. The number of amides is 1. The Kier molecular flexibility index (Phi) is 5.03. The van der Waals surface area contributed by atoms with Crippen molar-refractivity contribution in [2.45, 2.75) is 57.1 Å². The second kappa shape index (κ2) is 6.47. The van der Waals surface area contributed by atoms with Gasteiger partial charge in [0.25, 0.3) is 0 Å². The third-order valence-corrected chi connectivity index (χ3v) is 4.71. The first-order chi connectivity index (χ1) is 10.3. The Morgan fingerprint density at radius 2 is 2.00 bits per heavy atom. The minimum atomic E-state index is -1.06. The lowest BCUT2D eigenvalue weighted by Crippen LogP contribution is -2.63. The van der Waals surface area contributed by atoms with E-state index in [2.05, 4.69) is 5.32 Å². The molecule has 2 rings (SSSR count). The Morgan fingerprint density at radius 1 is 1.41 bits per heavy atom. The molecule has 0 bridgehead atoms. The fourth-order valence-electron chi connectivity index (χ4n) is 3.37. The molecule has 22 heavy (non-hydrogen) atoms. The highest BCUT2D eigenvalue weighted by Crippen LogP contribution is 2.49. The third-order valence-electron chi connectivity index (χ3n) is 4.46. The van der Waals surface area contributed by atoms with Crippen LogP contribution in [0.2, 0.25) is 5.02 Å². The molecule has 1 unspecified atom stereocenters. The standard InChI is InChI=1S/C17H24ClNO3/c1-4-22-15(20)19-14(16(2,3)21)17(10-5-11-17)12-6-8-13(18)9-7-12/h6-9,14,21H,4-5,10-11H2,1-3H3,(H,19,20). The summed E-state index contributed by atoms with van der Waals surface area (Å²) < 4.78 is 5.00. The average molecular weight is 326 g/mol. The lowest BCUT2D eigenvalue weighted by Gasteiger charge is -2.52. The van der Waals surface area contributed by atoms with Crippen molar-refractivity contribution >= 4 is 17.7 Å². The Bertz CT molecular complexity index is 518. The van der Waals surface area contributed by atoms with Gasteiger partial charge in [-0.1, -0.05) is 30.2 Å². The molecule has 0 radical (unpaired) electrons. The average Bonchev–Trinajstić information content (AvgIpc) is 2.37. The van der Waals surface area contributed by atoms with E-state index < -0.39 is 17.7 Å². The van der Waals surface area contributed by atoms with E-state index in [4.69, 9.17) is 16.3 Å². The molecule has 0 aliphatic heterocycles. The number of benzene rings is 1. The Labute approximate surface area is 136 Å². The van der Waals surface area contributed by atoms with Gasteiger partial charge >= 0.3 is 6.09 Å². The van der Waals surface area contributed by atoms with E-state index in [9.17, 15) is 9.90 Å². The number of alkyl carbamates (subject to hydrolysis) is 1. The van der Waals surface area contributed by atoms with Gasteiger partial charge in [-0.05, 0) is 51.3 Å². The van der Waals surface area contributed by atoms with Crippen LogP contribution in [0.5, 0.6) is 0 Å². The van der Waals surface area contributed by atoms with Gasteiger partial charge in [0.2, 0.25) is 0 Å². The van der Waals surface area contributed by atoms with Gasteiger partial charge in [-0.2, -0.15) is 0 Å². The molecule has 122 valence electrons. The normalized spacial score (nSPS) is 18.2. The van der Waals surface area contributed by atoms with E-state index in [1.807, 2.05) is 24.3 Å². The molecule has 2 N–H and O–H groups in total. The molecule has 0 saturated heterocycles. The maximum Gasteiger partial charge on any atom is 0.407 e. The van der Waals surface area contributed by atoms with Crippen molar-refractivity contribution in [3.63, 3.8) is 0 Å². The van der Waals surface area contributed by atoms with Crippen molar-refractivity contribution in [3.05, 3.63) is 34.9 Å². The van der Waals surface area contributed by atoms with Crippen molar-refractivity contribution in [2.75, 3.05) is 6.61 Å². The fraction of sp³-hybridized carbons (Fsp3) is 0.588.